The maximum absolute atomic E-state index is 13.4. The minimum Gasteiger partial charge on any atom is -0.479 e. The van der Waals surface area contributed by atoms with E-state index in [1.807, 2.05) is 0 Å². The van der Waals surface area contributed by atoms with E-state index in [2.05, 4.69) is 31.2 Å². The van der Waals surface area contributed by atoms with Crippen LogP contribution in [0.15, 0.2) is 42.9 Å². The van der Waals surface area contributed by atoms with Gasteiger partial charge in [0.1, 0.15) is 6.04 Å². The summed E-state index contributed by atoms with van der Waals surface area (Å²) in [4.78, 5) is 83.2. The minimum absolute atomic E-state index is 0.00614. The number of nitrogens with two attached hydrogens (primary N) is 1. The SMILES string of the molecule is CCCC(NC(=O)[C@H](Cc1c[nH]cn1)NC(=O)[C@@H](N)C1CCCCC1)C(=O)C(=O)NCC(=O)N[C@H](C(=O)O)c1ccccc1. The average molecular weight is 612 g/mol. The van der Waals surface area contributed by atoms with E-state index >= 15 is 0 Å². The molecule has 0 saturated heterocycles. The van der Waals surface area contributed by atoms with Crippen LogP contribution in [0.1, 0.15) is 69.2 Å². The molecule has 14 heteroatoms. The van der Waals surface area contributed by atoms with Gasteiger partial charge in [-0.25, -0.2) is 9.78 Å². The lowest BCUT2D eigenvalue weighted by molar-refractivity contribution is -0.142. The standard InChI is InChI=1S/C30H41N7O7/c1-2-9-21(26(39)29(42)33-16-23(38)37-25(30(43)44)19-12-7-4-8-13-19)35-27(40)22(14-20-15-32-17-34-20)36-28(41)24(31)18-10-5-3-6-11-18/h4,7-8,12-13,15,17-18,21-22,24-25H,2-3,5-6,9-11,14,16,31H2,1H3,(H,32,34)(H,33,42)(H,35,40)(H,36,41)(H,37,38)(H,43,44)/t21?,22-,24-,25-/m0/s1. The molecule has 1 fully saturated rings. The maximum Gasteiger partial charge on any atom is 0.330 e. The van der Waals surface area contributed by atoms with Gasteiger partial charge in [-0.15, -0.1) is 0 Å². The summed E-state index contributed by atoms with van der Waals surface area (Å²) in [7, 11) is 0. The largest absolute Gasteiger partial charge is 0.479 e. The first-order chi connectivity index (χ1) is 21.1. The first-order valence-electron chi connectivity index (χ1n) is 14.8. The molecule has 14 nitrogen and oxygen atoms in total. The Bertz CT molecular complexity index is 1280. The third-order valence-corrected chi connectivity index (χ3v) is 7.59. The van der Waals surface area contributed by atoms with Crippen molar-refractivity contribution in [2.45, 2.75) is 82.5 Å². The number of H-pyrrole nitrogens is 1. The highest BCUT2D eigenvalue weighted by atomic mass is 16.4. The van der Waals surface area contributed by atoms with Crippen molar-refractivity contribution in [1.29, 1.82) is 0 Å². The summed E-state index contributed by atoms with van der Waals surface area (Å²) in [5.41, 5.74) is 7.08. The Balaban J connectivity index is 1.62. The normalized spacial score (nSPS) is 16.0. The quantitative estimate of drug-likeness (QED) is 0.129. The molecule has 2 aromatic rings. The van der Waals surface area contributed by atoms with Crippen molar-refractivity contribution < 1.29 is 33.9 Å². The highest BCUT2D eigenvalue weighted by Gasteiger charge is 2.33. The fourth-order valence-corrected chi connectivity index (χ4v) is 5.18. The van der Waals surface area contributed by atoms with E-state index in [0.717, 1.165) is 32.1 Å². The Morgan fingerprint density at radius 3 is 2.27 bits per heavy atom. The molecule has 0 bridgehead atoms. The number of aromatic nitrogens is 2. The van der Waals surface area contributed by atoms with Crippen LogP contribution in [0, 0.1) is 5.92 Å². The molecular formula is C30H41N7O7. The van der Waals surface area contributed by atoms with Crippen LogP contribution in [0.5, 0.6) is 0 Å². The lowest BCUT2D eigenvalue weighted by Crippen LogP contribution is -2.57. The molecule has 4 atom stereocenters. The Morgan fingerprint density at radius 1 is 0.977 bits per heavy atom. The molecule has 0 spiro atoms. The highest BCUT2D eigenvalue weighted by Crippen LogP contribution is 2.25. The zero-order valence-corrected chi connectivity index (χ0v) is 24.7. The number of carbonyl (C=O) groups excluding carboxylic acids is 5. The molecule has 238 valence electrons. The molecule has 4 amide bonds. The van der Waals surface area contributed by atoms with Crippen LogP contribution in [-0.4, -0.2) is 75.1 Å². The minimum atomic E-state index is -1.35. The second kappa shape index (κ2) is 16.9. The van der Waals surface area contributed by atoms with Crippen molar-refractivity contribution in [3.63, 3.8) is 0 Å². The fourth-order valence-electron chi connectivity index (χ4n) is 5.18. The van der Waals surface area contributed by atoms with Gasteiger partial charge in [0.15, 0.2) is 6.04 Å². The number of imidazole rings is 1. The van der Waals surface area contributed by atoms with Crippen LogP contribution in [0.2, 0.25) is 0 Å². The second-order valence-electron chi connectivity index (χ2n) is 10.9. The number of aliphatic carboxylic acids is 1. The van der Waals surface area contributed by atoms with Crippen molar-refractivity contribution in [2.24, 2.45) is 11.7 Å². The van der Waals surface area contributed by atoms with Crippen molar-refractivity contribution in [2.75, 3.05) is 6.54 Å². The average Bonchev–Trinajstić information content (AvgIpc) is 3.55. The van der Waals surface area contributed by atoms with E-state index in [9.17, 15) is 33.9 Å². The van der Waals surface area contributed by atoms with Gasteiger partial charge in [-0.05, 0) is 30.7 Å². The summed E-state index contributed by atoms with van der Waals surface area (Å²) < 4.78 is 0. The molecule has 1 aromatic heterocycles. The first kappa shape index (κ1) is 33.9. The van der Waals surface area contributed by atoms with Gasteiger partial charge in [0, 0.05) is 12.6 Å². The summed E-state index contributed by atoms with van der Waals surface area (Å²) >= 11 is 0. The number of carbonyl (C=O) groups is 6. The van der Waals surface area contributed by atoms with Gasteiger partial charge in [0.05, 0.1) is 30.6 Å². The van der Waals surface area contributed by atoms with Crippen molar-refractivity contribution in [3.05, 3.63) is 54.1 Å². The number of hydrogen-bond donors (Lipinski definition) is 7. The van der Waals surface area contributed by atoms with Gasteiger partial charge in [-0.2, -0.15) is 0 Å². The van der Waals surface area contributed by atoms with Crippen molar-refractivity contribution in [1.82, 2.24) is 31.2 Å². The Hall–Kier alpha value is -4.59. The van der Waals surface area contributed by atoms with Crippen LogP contribution in [-0.2, 0) is 35.2 Å². The third-order valence-electron chi connectivity index (χ3n) is 7.59. The molecule has 44 heavy (non-hydrogen) atoms. The predicted octanol–water partition coefficient (Wildman–Crippen LogP) is 0.257. The molecule has 1 aromatic carbocycles. The van der Waals surface area contributed by atoms with Crippen molar-refractivity contribution in [3.8, 4) is 0 Å². The zero-order chi connectivity index (χ0) is 32.1. The Labute approximate surface area is 255 Å². The molecule has 0 radical (unpaired) electrons. The number of aromatic amines is 1. The van der Waals surface area contributed by atoms with Crippen LogP contribution >= 0.6 is 0 Å². The van der Waals surface area contributed by atoms with Gasteiger partial charge in [-0.3, -0.25) is 24.0 Å². The van der Waals surface area contributed by atoms with E-state index < -0.39 is 66.1 Å². The molecular weight excluding hydrogens is 570 g/mol. The molecule has 0 aliphatic heterocycles. The van der Waals surface area contributed by atoms with Crippen LogP contribution in [0.3, 0.4) is 0 Å². The molecule has 8 N–H and O–H groups in total. The lowest BCUT2D eigenvalue weighted by Gasteiger charge is -2.28. The van der Waals surface area contributed by atoms with E-state index in [1.165, 1.54) is 18.5 Å². The number of rotatable bonds is 16. The number of Topliss-reactive ketones (excluding diaryl/α,β-unsaturated/α-hetero) is 1. The van der Waals surface area contributed by atoms with E-state index in [4.69, 9.17) is 5.73 Å². The molecule has 1 unspecified atom stereocenters. The Morgan fingerprint density at radius 2 is 1.66 bits per heavy atom. The molecule has 1 saturated carbocycles. The monoisotopic (exact) mass is 611 g/mol. The highest BCUT2D eigenvalue weighted by molar-refractivity contribution is 6.38. The van der Waals surface area contributed by atoms with Crippen molar-refractivity contribution >= 4 is 35.4 Å². The first-order valence-corrected chi connectivity index (χ1v) is 14.8. The number of nitrogens with one attached hydrogen (secondary N) is 5. The van der Waals surface area contributed by atoms with Gasteiger partial charge in [0.2, 0.25) is 23.5 Å². The fraction of sp³-hybridized carbons (Fsp3) is 0.500. The van der Waals surface area contributed by atoms with Gasteiger partial charge in [0.25, 0.3) is 5.91 Å². The maximum atomic E-state index is 13.4. The van der Waals surface area contributed by atoms with E-state index in [0.29, 0.717) is 17.7 Å². The van der Waals surface area contributed by atoms with Crippen LogP contribution in [0.25, 0.3) is 0 Å². The Kier molecular flexibility index (Phi) is 13.0. The second-order valence-corrected chi connectivity index (χ2v) is 10.9. The lowest BCUT2D eigenvalue weighted by atomic mass is 9.84. The number of carboxylic acid groups (broad SMARTS) is 1. The molecule has 1 heterocycles. The third kappa shape index (κ3) is 10.0. The van der Waals surface area contributed by atoms with Gasteiger partial charge >= 0.3 is 5.97 Å². The predicted molar refractivity (Wildman–Crippen MR) is 159 cm³/mol. The molecule has 1 aliphatic rings. The van der Waals surface area contributed by atoms with Crippen LogP contribution < -0.4 is 27.0 Å². The number of ketones is 1. The number of amides is 4. The van der Waals surface area contributed by atoms with Gasteiger partial charge in [-0.1, -0.05) is 62.9 Å². The van der Waals surface area contributed by atoms with E-state index in [1.54, 1.807) is 31.3 Å². The molecule has 1 aliphatic carbocycles. The summed E-state index contributed by atoms with van der Waals surface area (Å²) in [6.45, 7) is 1.10. The van der Waals surface area contributed by atoms with E-state index in [-0.39, 0.29) is 18.8 Å². The summed E-state index contributed by atoms with van der Waals surface area (Å²) in [6, 6.07) is 3.50. The smallest absolute Gasteiger partial charge is 0.330 e. The zero-order valence-electron chi connectivity index (χ0n) is 24.7. The summed E-state index contributed by atoms with van der Waals surface area (Å²) in [5, 5.41) is 19.3. The number of carboxylic acids is 1. The summed E-state index contributed by atoms with van der Waals surface area (Å²) in [5.74, 6) is -5.41. The number of benzene rings is 1. The summed E-state index contributed by atoms with van der Waals surface area (Å²) in [6.07, 6.45) is 8.30. The number of nitrogens with zero attached hydrogens (tertiary/aromatic N) is 1. The van der Waals surface area contributed by atoms with Crippen LogP contribution in [0.4, 0.5) is 0 Å². The van der Waals surface area contributed by atoms with Gasteiger partial charge < -0.3 is 37.1 Å². The molecule has 3 rings (SSSR count). The topological polar surface area (TPSA) is 225 Å². The number of hydrogen-bond acceptors (Lipinski definition) is 8.